The van der Waals surface area contributed by atoms with Crippen molar-refractivity contribution in [3.05, 3.63) is 51.6 Å². The maximum absolute atomic E-state index is 12.1. The number of anilines is 1. The van der Waals surface area contributed by atoms with Crippen molar-refractivity contribution >= 4 is 38.3 Å². The molecule has 6 heteroatoms. The van der Waals surface area contributed by atoms with Crippen LogP contribution >= 0.6 is 22.6 Å². The molecule has 4 nitrogen and oxygen atoms in total. The summed E-state index contributed by atoms with van der Waals surface area (Å²) in [5.41, 5.74) is 3.80. The van der Waals surface area contributed by atoms with Crippen LogP contribution in [0.25, 0.3) is 11.1 Å². The van der Waals surface area contributed by atoms with Crippen molar-refractivity contribution in [1.82, 2.24) is 0 Å². The van der Waals surface area contributed by atoms with Gasteiger partial charge in [0.25, 0.3) is 0 Å². The molecule has 2 rings (SSSR count). The fourth-order valence-electron chi connectivity index (χ4n) is 2.61. The zero-order valence-corrected chi connectivity index (χ0v) is 17.1. The first kappa shape index (κ1) is 19.2. The zero-order chi connectivity index (χ0) is 17.7. The van der Waals surface area contributed by atoms with E-state index < -0.39 is 10.0 Å². The predicted octanol–water partition coefficient (Wildman–Crippen LogP) is 4.28. The Labute approximate surface area is 158 Å². The molecular formula is C18H22INO3S. The highest BCUT2D eigenvalue weighted by Gasteiger charge is 2.18. The normalized spacial score (nSPS) is 11.5. The third-order valence-corrected chi connectivity index (χ3v) is 5.57. The van der Waals surface area contributed by atoms with Crippen LogP contribution in [0.4, 0.5) is 5.69 Å². The van der Waals surface area contributed by atoms with Gasteiger partial charge < -0.3 is 4.74 Å². The van der Waals surface area contributed by atoms with Crippen molar-refractivity contribution < 1.29 is 13.2 Å². The van der Waals surface area contributed by atoms with Crippen LogP contribution in [0.5, 0.6) is 0 Å². The van der Waals surface area contributed by atoms with Crippen LogP contribution in [-0.4, -0.2) is 28.3 Å². The number of hydrogen-bond donors (Lipinski definition) is 0. The molecule has 0 unspecified atom stereocenters. The lowest BCUT2D eigenvalue weighted by Crippen LogP contribution is -2.30. The van der Waals surface area contributed by atoms with Gasteiger partial charge in [-0.3, -0.25) is 4.31 Å². The largest absolute Gasteiger partial charge is 0.380 e. The van der Waals surface area contributed by atoms with E-state index in [-0.39, 0.29) is 0 Å². The highest BCUT2D eigenvalue weighted by Crippen LogP contribution is 2.30. The number of halogens is 1. The Morgan fingerprint density at radius 1 is 1.12 bits per heavy atom. The van der Waals surface area contributed by atoms with Crippen LogP contribution in [0.15, 0.2) is 42.5 Å². The Hall–Kier alpha value is -1.12. The maximum Gasteiger partial charge on any atom is 0.232 e. The van der Waals surface area contributed by atoms with Gasteiger partial charge in [-0.15, -0.1) is 0 Å². The molecule has 0 heterocycles. The number of methoxy groups -OCH3 is 1. The summed E-state index contributed by atoms with van der Waals surface area (Å²) in [4.78, 5) is 0. The highest BCUT2D eigenvalue weighted by molar-refractivity contribution is 14.1. The molecule has 0 aromatic heterocycles. The van der Waals surface area contributed by atoms with E-state index in [1.807, 2.05) is 25.1 Å². The van der Waals surface area contributed by atoms with E-state index in [0.717, 1.165) is 23.1 Å². The number of ether oxygens (including phenoxy) is 1. The third kappa shape index (κ3) is 4.70. The first-order valence-corrected chi connectivity index (χ1v) is 10.6. The van der Waals surface area contributed by atoms with E-state index in [2.05, 4.69) is 46.9 Å². The van der Waals surface area contributed by atoms with Crippen LogP contribution in [0.2, 0.25) is 0 Å². The Morgan fingerprint density at radius 2 is 1.79 bits per heavy atom. The second kappa shape index (κ2) is 8.31. The summed E-state index contributed by atoms with van der Waals surface area (Å²) >= 11 is 2.27. The van der Waals surface area contributed by atoms with Gasteiger partial charge in [-0.1, -0.05) is 25.1 Å². The quantitative estimate of drug-likeness (QED) is 0.581. The number of sulfonamides is 1. The SMILES string of the molecule is CCCN(c1ccc(-c2ccc(I)cc2)c(COC)c1)S(C)(=O)=O. The first-order chi connectivity index (χ1) is 11.4. The summed E-state index contributed by atoms with van der Waals surface area (Å²) in [6.45, 7) is 2.86. The summed E-state index contributed by atoms with van der Waals surface area (Å²) in [5.74, 6) is 0. The van der Waals surface area contributed by atoms with Crippen molar-refractivity contribution in [2.24, 2.45) is 0 Å². The van der Waals surface area contributed by atoms with E-state index in [1.165, 1.54) is 14.1 Å². The van der Waals surface area contributed by atoms with Crippen molar-refractivity contribution in [2.75, 3.05) is 24.2 Å². The van der Waals surface area contributed by atoms with E-state index in [1.54, 1.807) is 7.11 Å². The molecule has 0 aliphatic heterocycles. The molecule has 2 aromatic carbocycles. The molecule has 0 N–H and O–H groups in total. The molecule has 0 radical (unpaired) electrons. The number of nitrogens with zero attached hydrogens (tertiary/aromatic N) is 1. The van der Waals surface area contributed by atoms with Crippen molar-refractivity contribution in [3.63, 3.8) is 0 Å². The van der Waals surface area contributed by atoms with Gasteiger partial charge in [0.15, 0.2) is 0 Å². The standard InChI is InChI=1S/C18H22INO3S/c1-4-11-20(24(3,21)22)17-9-10-18(15(12-17)13-23-2)14-5-7-16(19)8-6-14/h5-10,12H,4,11,13H2,1-3H3. The Balaban J connectivity index is 2.51. The molecular weight excluding hydrogens is 437 g/mol. The fraction of sp³-hybridized carbons (Fsp3) is 0.333. The summed E-state index contributed by atoms with van der Waals surface area (Å²) in [6.07, 6.45) is 2.00. The third-order valence-electron chi connectivity index (χ3n) is 3.66. The molecule has 0 spiro atoms. The minimum Gasteiger partial charge on any atom is -0.380 e. The van der Waals surface area contributed by atoms with E-state index in [9.17, 15) is 8.42 Å². The van der Waals surface area contributed by atoms with Gasteiger partial charge in [-0.25, -0.2) is 8.42 Å². The number of hydrogen-bond acceptors (Lipinski definition) is 3. The van der Waals surface area contributed by atoms with Gasteiger partial charge in [0.1, 0.15) is 0 Å². The van der Waals surface area contributed by atoms with Gasteiger partial charge in [0.05, 0.1) is 18.6 Å². The van der Waals surface area contributed by atoms with E-state index in [4.69, 9.17) is 4.74 Å². The summed E-state index contributed by atoms with van der Waals surface area (Å²) in [6, 6.07) is 14.0. The fourth-order valence-corrected chi connectivity index (χ4v) is 3.98. The minimum absolute atomic E-state index is 0.429. The molecule has 0 atom stereocenters. The molecule has 0 amide bonds. The monoisotopic (exact) mass is 459 g/mol. The zero-order valence-electron chi connectivity index (χ0n) is 14.1. The summed E-state index contributed by atoms with van der Waals surface area (Å²) in [5, 5.41) is 0. The van der Waals surface area contributed by atoms with Crippen LogP contribution < -0.4 is 4.31 Å². The van der Waals surface area contributed by atoms with E-state index in [0.29, 0.717) is 18.8 Å². The Bertz CT molecular complexity index is 788. The molecule has 0 saturated heterocycles. The maximum atomic E-state index is 12.1. The topological polar surface area (TPSA) is 46.6 Å². The van der Waals surface area contributed by atoms with E-state index >= 15 is 0 Å². The smallest absolute Gasteiger partial charge is 0.232 e. The molecule has 24 heavy (non-hydrogen) atoms. The van der Waals surface area contributed by atoms with Gasteiger partial charge in [-0.05, 0) is 70.0 Å². The average molecular weight is 459 g/mol. The van der Waals surface area contributed by atoms with Crippen molar-refractivity contribution in [3.8, 4) is 11.1 Å². The van der Waals surface area contributed by atoms with Crippen molar-refractivity contribution in [2.45, 2.75) is 20.0 Å². The van der Waals surface area contributed by atoms with Gasteiger partial charge >= 0.3 is 0 Å². The molecule has 0 aliphatic rings. The van der Waals surface area contributed by atoms with Crippen LogP contribution in [0.1, 0.15) is 18.9 Å². The van der Waals surface area contributed by atoms with Crippen LogP contribution in [-0.2, 0) is 21.4 Å². The van der Waals surface area contributed by atoms with Gasteiger partial charge in [-0.2, -0.15) is 0 Å². The number of rotatable bonds is 7. The first-order valence-electron chi connectivity index (χ1n) is 7.72. The molecule has 0 saturated carbocycles. The molecule has 130 valence electrons. The van der Waals surface area contributed by atoms with Gasteiger partial charge in [0, 0.05) is 17.2 Å². The summed E-state index contributed by atoms with van der Waals surface area (Å²) < 4.78 is 32.1. The number of benzene rings is 2. The lowest BCUT2D eigenvalue weighted by molar-refractivity contribution is 0.185. The van der Waals surface area contributed by atoms with Crippen LogP contribution in [0, 0.1) is 3.57 Å². The Morgan fingerprint density at radius 3 is 2.33 bits per heavy atom. The second-order valence-corrected chi connectivity index (χ2v) is 8.77. The second-order valence-electron chi connectivity index (χ2n) is 5.62. The van der Waals surface area contributed by atoms with Crippen LogP contribution in [0.3, 0.4) is 0 Å². The average Bonchev–Trinajstić information content (AvgIpc) is 2.53. The Kier molecular flexibility index (Phi) is 6.65. The molecule has 0 bridgehead atoms. The molecule has 0 aliphatic carbocycles. The van der Waals surface area contributed by atoms with Crippen molar-refractivity contribution in [1.29, 1.82) is 0 Å². The van der Waals surface area contributed by atoms with Gasteiger partial charge in [0.2, 0.25) is 10.0 Å². The molecule has 0 fully saturated rings. The molecule has 2 aromatic rings. The summed E-state index contributed by atoms with van der Waals surface area (Å²) in [7, 11) is -1.66. The predicted molar refractivity (Wildman–Crippen MR) is 108 cm³/mol. The lowest BCUT2D eigenvalue weighted by atomic mass is 9.99. The highest BCUT2D eigenvalue weighted by atomic mass is 127. The minimum atomic E-state index is -3.30. The lowest BCUT2D eigenvalue weighted by Gasteiger charge is -2.23.